The molecular weight excluding hydrogens is 372 g/mol. The molecule has 29 heavy (non-hydrogen) atoms. The van der Waals surface area contributed by atoms with Crippen LogP contribution in [0.5, 0.6) is 0 Å². The van der Waals surface area contributed by atoms with E-state index in [2.05, 4.69) is 29.0 Å². The number of benzene rings is 2. The number of carbonyl (C=O) groups excluding carboxylic acids is 1. The molecule has 4 nitrogen and oxygen atoms in total. The number of nitrogens with zero attached hydrogens (tertiary/aromatic N) is 1. The molecule has 0 unspecified atom stereocenters. The monoisotopic (exact) mass is 399 g/mol. The Morgan fingerprint density at radius 3 is 2.41 bits per heavy atom. The molecule has 1 amide bonds. The number of fused-ring (bicyclic) bond motifs is 1. The van der Waals surface area contributed by atoms with Gasteiger partial charge in [0.25, 0.3) is 0 Å². The summed E-state index contributed by atoms with van der Waals surface area (Å²) in [5.41, 5.74) is 3.26. The van der Waals surface area contributed by atoms with Crippen LogP contribution in [0.3, 0.4) is 0 Å². The third-order valence-electron chi connectivity index (χ3n) is 5.25. The van der Waals surface area contributed by atoms with Crippen molar-refractivity contribution in [3.05, 3.63) is 59.7 Å². The van der Waals surface area contributed by atoms with Crippen LogP contribution >= 0.6 is 0 Å². The van der Waals surface area contributed by atoms with Crippen molar-refractivity contribution in [2.75, 3.05) is 26.2 Å². The number of hydrogen-bond donors (Lipinski definition) is 2. The van der Waals surface area contributed by atoms with Gasteiger partial charge < -0.3 is 15.2 Å². The van der Waals surface area contributed by atoms with Crippen molar-refractivity contribution >= 4 is 16.8 Å². The Labute approximate surface area is 169 Å². The van der Waals surface area contributed by atoms with Gasteiger partial charge in [0.2, 0.25) is 5.91 Å². The second-order valence-electron chi connectivity index (χ2n) is 7.05. The summed E-state index contributed by atoms with van der Waals surface area (Å²) in [5, 5.41) is 3.71. The number of aromatic nitrogens is 1. The molecule has 0 aliphatic carbocycles. The van der Waals surface area contributed by atoms with E-state index in [0.29, 0.717) is 19.4 Å². The minimum Gasteiger partial charge on any atom is -0.355 e. The molecule has 3 aromatic rings. The molecule has 0 fully saturated rings. The van der Waals surface area contributed by atoms with Crippen LogP contribution in [0.2, 0.25) is 0 Å². The van der Waals surface area contributed by atoms with Crippen LogP contribution in [0.4, 0.5) is 8.78 Å². The number of hydrogen-bond acceptors (Lipinski definition) is 2. The van der Waals surface area contributed by atoms with Crippen molar-refractivity contribution < 1.29 is 13.6 Å². The quantitative estimate of drug-likeness (QED) is 0.556. The maximum atomic E-state index is 13.8. The maximum Gasteiger partial charge on any atom is 0.220 e. The largest absolute Gasteiger partial charge is 0.355 e. The smallest absolute Gasteiger partial charge is 0.220 e. The summed E-state index contributed by atoms with van der Waals surface area (Å²) in [6.45, 7) is 7.52. The number of carbonyl (C=O) groups is 1. The van der Waals surface area contributed by atoms with Gasteiger partial charge in [0.05, 0.1) is 0 Å². The highest BCUT2D eigenvalue weighted by Crippen LogP contribution is 2.32. The Balaban J connectivity index is 1.76. The number of H-pyrrole nitrogens is 1. The van der Waals surface area contributed by atoms with Crippen molar-refractivity contribution in [1.29, 1.82) is 0 Å². The minimum atomic E-state index is -0.327. The van der Waals surface area contributed by atoms with Gasteiger partial charge >= 0.3 is 0 Å². The van der Waals surface area contributed by atoms with Gasteiger partial charge in [0, 0.05) is 36.1 Å². The zero-order valence-corrected chi connectivity index (χ0v) is 16.9. The normalized spacial score (nSPS) is 11.3. The highest BCUT2D eigenvalue weighted by molar-refractivity contribution is 5.91. The number of aromatic amines is 1. The number of halogens is 2. The first-order valence-corrected chi connectivity index (χ1v) is 10.1. The number of amides is 1. The summed E-state index contributed by atoms with van der Waals surface area (Å²) in [6.07, 6.45) is 0.767. The maximum absolute atomic E-state index is 13.8. The summed E-state index contributed by atoms with van der Waals surface area (Å²) in [4.78, 5) is 17.9. The van der Waals surface area contributed by atoms with Gasteiger partial charge in [-0.15, -0.1) is 0 Å². The van der Waals surface area contributed by atoms with Crippen molar-refractivity contribution in [1.82, 2.24) is 15.2 Å². The molecule has 0 bridgehead atoms. The second-order valence-corrected chi connectivity index (χ2v) is 7.05. The average Bonchev–Trinajstić information content (AvgIpc) is 3.08. The summed E-state index contributed by atoms with van der Waals surface area (Å²) in [7, 11) is 0. The van der Waals surface area contributed by atoms with Gasteiger partial charge in [-0.3, -0.25) is 4.79 Å². The van der Waals surface area contributed by atoms with Crippen LogP contribution in [0.1, 0.15) is 25.8 Å². The standard InChI is InChI=1S/C23H27F2N3O/c1-3-28(4-2)14-13-26-22(29)12-10-19-20-15-18(25)9-11-21(20)27-23(19)16-5-7-17(24)8-6-16/h5-9,11,15,27H,3-4,10,12-14H2,1-2H3,(H,26,29). The fraction of sp³-hybridized carbons (Fsp3) is 0.348. The Hall–Kier alpha value is -2.73. The Morgan fingerprint density at radius 2 is 1.72 bits per heavy atom. The van der Waals surface area contributed by atoms with Gasteiger partial charge in [0.15, 0.2) is 0 Å². The van der Waals surface area contributed by atoms with Crippen LogP contribution in [0, 0.1) is 11.6 Å². The lowest BCUT2D eigenvalue weighted by atomic mass is 10.0. The van der Waals surface area contributed by atoms with E-state index in [1.807, 2.05) is 0 Å². The number of rotatable bonds is 9. The molecule has 1 heterocycles. The molecule has 3 rings (SSSR count). The van der Waals surface area contributed by atoms with Crippen molar-refractivity contribution in [2.45, 2.75) is 26.7 Å². The Kier molecular flexibility index (Phi) is 6.99. The van der Waals surface area contributed by atoms with E-state index >= 15 is 0 Å². The number of nitrogens with one attached hydrogen (secondary N) is 2. The van der Waals surface area contributed by atoms with Gasteiger partial charge in [-0.1, -0.05) is 13.8 Å². The Bertz CT molecular complexity index is 962. The van der Waals surface area contributed by atoms with Crippen LogP contribution < -0.4 is 5.32 Å². The van der Waals surface area contributed by atoms with E-state index in [0.717, 1.165) is 47.4 Å². The third kappa shape index (κ3) is 5.21. The van der Waals surface area contributed by atoms with Gasteiger partial charge in [-0.25, -0.2) is 8.78 Å². The molecule has 0 saturated carbocycles. The summed E-state index contributed by atoms with van der Waals surface area (Å²) < 4.78 is 27.2. The predicted octanol–water partition coefficient (Wildman–Crippen LogP) is 4.50. The van der Waals surface area contributed by atoms with Crippen LogP contribution in [0.25, 0.3) is 22.2 Å². The average molecular weight is 399 g/mol. The lowest BCUT2D eigenvalue weighted by Crippen LogP contribution is -2.34. The SMILES string of the molecule is CCN(CC)CCNC(=O)CCc1c(-c2ccc(F)cc2)[nH]c2ccc(F)cc12. The molecule has 0 aliphatic rings. The summed E-state index contributed by atoms with van der Waals surface area (Å²) >= 11 is 0. The third-order valence-corrected chi connectivity index (χ3v) is 5.25. The first kappa shape index (κ1) is 21.0. The van der Waals surface area contributed by atoms with Crippen molar-refractivity contribution in [3.8, 4) is 11.3 Å². The molecule has 0 radical (unpaired) electrons. The molecule has 2 N–H and O–H groups in total. The van der Waals surface area contributed by atoms with Gasteiger partial charge in [-0.2, -0.15) is 0 Å². The summed E-state index contributed by atoms with van der Waals surface area (Å²) in [5.74, 6) is -0.676. The lowest BCUT2D eigenvalue weighted by Gasteiger charge is -2.17. The zero-order valence-electron chi connectivity index (χ0n) is 16.9. The Morgan fingerprint density at radius 1 is 1.03 bits per heavy atom. The van der Waals surface area contributed by atoms with Gasteiger partial charge in [0.1, 0.15) is 11.6 Å². The molecule has 1 aromatic heterocycles. The molecule has 154 valence electrons. The highest BCUT2D eigenvalue weighted by atomic mass is 19.1. The minimum absolute atomic E-state index is 0.0343. The van der Waals surface area contributed by atoms with E-state index in [-0.39, 0.29) is 17.5 Å². The lowest BCUT2D eigenvalue weighted by molar-refractivity contribution is -0.121. The fourth-order valence-electron chi connectivity index (χ4n) is 3.56. The first-order valence-electron chi connectivity index (χ1n) is 10.1. The summed E-state index contributed by atoms with van der Waals surface area (Å²) in [6, 6.07) is 10.7. The van der Waals surface area contributed by atoms with E-state index in [1.165, 1.54) is 24.3 Å². The molecule has 6 heteroatoms. The molecule has 2 aromatic carbocycles. The fourth-order valence-corrected chi connectivity index (χ4v) is 3.56. The van der Waals surface area contributed by atoms with Crippen LogP contribution in [-0.4, -0.2) is 42.0 Å². The zero-order chi connectivity index (χ0) is 20.8. The van der Waals surface area contributed by atoms with E-state index in [9.17, 15) is 13.6 Å². The topological polar surface area (TPSA) is 48.1 Å². The molecule has 0 saturated heterocycles. The second kappa shape index (κ2) is 9.65. The molecule has 0 aliphatic heterocycles. The first-order chi connectivity index (χ1) is 14.0. The number of likely N-dealkylation sites (N-methyl/N-ethyl adjacent to an activating group) is 1. The molecular formula is C23H27F2N3O. The van der Waals surface area contributed by atoms with Crippen molar-refractivity contribution in [2.24, 2.45) is 0 Å². The van der Waals surface area contributed by atoms with E-state index < -0.39 is 0 Å². The predicted molar refractivity (Wildman–Crippen MR) is 113 cm³/mol. The van der Waals surface area contributed by atoms with E-state index in [1.54, 1.807) is 18.2 Å². The van der Waals surface area contributed by atoms with Crippen LogP contribution in [-0.2, 0) is 11.2 Å². The molecule has 0 spiro atoms. The van der Waals surface area contributed by atoms with Crippen LogP contribution in [0.15, 0.2) is 42.5 Å². The molecule has 0 atom stereocenters. The number of aryl methyl sites for hydroxylation is 1. The van der Waals surface area contributed by atoms with Crippen molar-refractivity contribution in [3.63, 3.8) is 0 Å². The van der Waals surface area contributed by atoms with Gasteiger partial charge in [-0.05, 0) is 73.1 Å². The highest BCUT2D eigenvalue weighted by Gasteiger charge is 2.15. The van der Waals surface area contributed by atoms with E-state index in [4.69, 9.17) is 0 Å².